The maximum Gasteiger partial charge on any atom is 1.00 e. The van der Waals surface area contributed by atoms with Crippen LogP contribution in [0.25, 0.3) is 0 Å². The first-order valence-corrected chi connectivity index (χ1v) is 17.7. The standard InChI is InChI=1S/C40H37N9O9.CH3.Na/c1-54-37(52)29-19-30(38(53)55-2)21-35(20-29)48-46-33-9-7-31(8-10-33)41-39-42-36(43-40(44-39)49-11-13-56-14-12-49)18-26-3-5-32(6-4-26)45-47-34-16-27(22-57-24-50)15-28(17-34)23-58-25-51;;/h3-10,15-17,19-21,24-25H,11-14,18,22-23H2,1-2H3,(H,41,42,43,44);1H3;/q;-1;+1. The molecule has 19 heteroatoms. The van der Waals surface area contributed by atoms with Gasteiger partial charge in [-0.15, -0.1) is 0 Å². The number of carbonyl (C=O) groups excluding carboxylic acids is 4. The second kappa shape index (κ2) is 23.2. The molecule has 1 fully saturated rings. The Morgan fingerprint density at radius 3 is 1.73 bits per heavy atom. The summed E-state index contributed by atoms with van der Waals surface area (Å²) in [7, 11) is 2.49. The van der Waals surface area contributed by atoms with E-state index in [2.05, 4.69) is 25.8 Å². The first-order valence-electron chi connectivity index (χ1n) is 17.7. The van der Waals surface area contributed by atoms with Crippen molar-refractivity contribution in [2.75, 3.05) is 50.7 Å². The van der Waals surface area contributed by atoms with Crippen molar-refractivity contribution in [3.05, 3.63) is 126 Å². The molecule has 0 atom stereocenters. The van der Waals surface area contributed by atoms with Crippen LogP contribution >= 0.6 is 0 Å². The van der Waals surface area contributed by atoms with E-state index in [0.717, 1.165) is 5.56 Å². The van der Waals surface area contributed by atoms with Gasteiger partial charge < -0.3 is 41.3 Å². The van der Waals surface area contributed by atoms with Gasteiger partial charge >= 0.3 is 41.5 Å². The number of anilines is 3. The summed E-state index contributed by atoms with van der Waals surface area (Å²) in [4.78, 5) is 61.9. The zero-order chi connectivity index (χ0) is 40.7. The largest absolute Gasteiger partial charge is 1.00 e. The molecule has 2 heterocycles. The van der Waals surface area contributed by atoms with Crippen molar-refractivity contribution in [2.45, 2.75) is 19.6 Å². The zero-order valence-corrected chi connectivity index (χ0v) is 35.4. The Morgan fingerprint density at radius 1 is 0.683 bits per heavy atom. The van der Waals surface area contributed by atoms with Crippen molar-refractivity contribution >= 4 is 65.2 Å². The average molecular weight is 826 g/mol. The molecule has 1 saturated heterocycles. The van der Waals surface area contributed by atoms with Crippen LogP contribution in [0.4, 0.5) is 40.3 Å². The number of benzene rings is 4. The molecule has 6 rings (SSSR count). The van der Waals surface area contributed by atoms with Gasteiger partial charge in [-0.25, -0.2) is 9.59 Å². The van der Waals surface area contributed by atoms with Gasteiger partial charge in [-0.2, -0.15) is 35.4 Å². The van der Waals surface area contributed by atoms with Gasteiger partial charge in [0.2, 0.25) is 11.9 Å². The number of aromatic nitrogens is 3. The number of ether oxygens (including phenoxy) is 5. The third-order valence-corrected chi connectivity index (χ3v) is 8.38. The monoisotopic (exact) mass is 825 g/mol. The molecule has 1 aliphatic heterocycles. The van der Waals surface area contributed by atoms with Crippen LogP contribution in [0.1, 0.15) is 43.2 Å². The van der Waals surface area contributed by atoms with Crippen LogP contribution in [0.2, 0.25) is 0 Å². The van der Waals surface area contributed by atoms with E-state index < -0.39 is 11.9 Å². The molecule has 5 aromatic rings. The molecule has 60 heavy (non-hydrogen) atoms. The van der Waals surface area contributed by atoms with Gasteiger partial charge in [0.1, 0.15) is 19.0 Å². The molecule has 0 saturated carbocycles. The van der Waals surface area contributed by atoms with E-state index in [-0.39, 0.29) is 67.0 Å². The average Bonchev–Trinajstić information content (AvgIpc) is 3.26. The number of hydrogen-bond acceptors (Lipinski definition) is 18. The Hall–Kier alpha value is -6.47. The molecule has 0 amide bonds. The molecular weight excluding hydrogens is 785 g/mol. The summed E-state index contributed by atoms with van der Waals surface area (Å²) < 4.78 is 24.9. The molecule has 0 spiro atoms. The fraction of sp³-hybridized carbons (Fsp3) is 0.220. The maximum atomic E-state index is 12.1. The van der Waals surface area contributed by atoms with Crippen molar-refractivity contribution in [1.29, 1.82) is 0 Å². The summed E-state index contributed by atoms with van der Waals surface area (Å²) in [5, 5.41) is 20.4. The van der Waals surface area contributed by atoms with E-state index >= 15 is 0 Å². The molecule has 0 bridgehead atoms. The van der Waals surface area contributed by atoms with Crippen LogP contribution in [0, 0.1) is 7.43 Å². The third kappa shape index (κ3) is 13.3. The van der Waals surface area contributed by atoms with E-state index in [1.807, 2.05) is 29.2 Å². The van der Waals surface area contributed by atoms with E-state index in [0.29, 0.717) is 97.3 Å². The fourth-order valence-corrected chi connectivity index (χ4v) is 5.65. The second-order valence-corrected chi connectivity index (χ2v) is 12.5. The van der Waals surface area contributed by atoms with Crippen molar-refractivity contribution in [2.24, 2.45) is 20.5 Å². The van der Waals surface area contributed by atoms with Gasteiger partial charge in [0.25, 0.3) is 12.9 Å². The van der Waals surface area contributed by atoms with Crippen LogP contribution in [-0.4, -0.2) is 80.4 Å². The SMILES string of the molecule is COC(=O)c1cc(N=Nc2ccc(Nc3nc(Cc4ccc(N=Nc5cc(COC=O)cc(COC=O)c5)cc4)nc(N4CCOCC4)n3)cc2)cc(C(=O)OC)c1.[CH3-].[Na+]. The van der Waals surface area contributed by atoms with E-state index in [1.54, 1.807) is 42.5 Å². The molecule has 1 N–H and O–H groups in total. The number of methoxy groups -OCH3 is 2. The molecule has 0 aliphatic carbocycles. The Bertz CT molecular complexity index is 2240. The quantitative estimate of drug-likeness (QED) is 0.0346. The minimum absolute atomic E-state index is 0. The van der Waals surface area contributed by atoms with Crippen molar-refractivity contribution in [3.8, 4) is 0 Å². The molecule has 1 aliphatic rings. The Kier molecular flexibility index (Phi) is 17.9. The van der Waals surface area contributed by atoms with E-state index in [9.17, 15) is 19.2 Å². The number of nitrogens with zero attached hydrogens (tertiary/aromatic N) is 8. The van der Waals surface area contributed by atoms with Crippen molar-refractivity contribution < 1.29 is 72.4 Å². The van der Waals surface area contributed by atoms with Crippen molar-refractivity contribution in [3.63, 3.8) is 0 Å². The Morgan fingerprint density at radius 2 is 1.20 bits per heavy atom. The summed E-state index contributed by atoms with van der Waals surface area (Å²) in [5.74, 6) is 0.149. The third-order valence-electron chi connectivity index (χ3n) is 8.38. The number of morpholine rings is 1. The predicted octanol–water partition coefficient (Wildman–Crippen LogP) is 4.25. The van der Waals surface area contributed by atoms with E-state index in [4.69, 9.17) is 38.6 Å². The van der Waals surface area contributed by atoms with Crippen molar-refractivity contribution in [1.82, 2.24) is 15.0 Å². The summed E-state index contributed by atoms with van der Waals surface area (Å²) in [6.07, 6.45) is 0.402. The van der Waals surface area contributed by atoms with Crippen LogP contribution in [0.15, 0.2) is 105 Å². The molecule has 0 unspecified atom stereocenters. The molecule has 304 valence electrons. The van der Waals surface area contributed by atoms with Gasteiger partial charge in [0, 0.05) is 25.2 Å². The molecule has 18 nitrogen and oxygen atoms in total. The van der Waals surface area contributed by atoms with Gasteiger partial charge in [0.05, 0.1) is 61.3 Å². The summed E-state index contributed by atoms with van der Waals surface area (Å²) >= 11 is 0. The van der Waals surface area contributed by atoms with Crippen LogP contribution in [0.5, 0.6) is 0 Å². The first kappa shape index (κ1) is 46.2. The number of azo groups is 2. The number of carbonyl (C=O) groups is 4. The number of nitrogens with one attached hydrogen (secondary N) is 1. The smallest absolute Gasteiger partial charge is 0.465 e. The normalized spacial score (nSPS) is 12.2. The minimum atomic E-state index is -0.629. The van der Waals surface area contributed by atoms with Gasteiger partial charge in [0.15, 0.2) is 0 Å². The minimum Gasteiger partial charge on any atom is -0.465 e. The van der Waals surface area contributed by atoms with Gasteiger partial charge in [-0.05, 0) is 89.5 Å². The number of esters is 2. The number of rotatable bonds is 17. The molecule has 0 radical (unpaired) electrons. The summed E-state index contributed by atoms with van der Waals surface area (Å²) in [5.41, 5.74) is 5.09. The van der Waals surface area contributed by atoms with Gasteiger partial charge in [-0.3, -0.25) is 9.59 Å². The fourth-order valence-electron chi connectivity index (χ4n) is 5.65. The van der Waals surface area contributed by atoms with Crippen LogP contribution < -0.4 is 39.8 Å². The van der Waals surface area contributed by atoms with Crippen LogP contribution in [0.3, 0.4) is 0 Å². The maximum absolute atomic E-state index is 12.1. The first-order chi connectivity index (χ1) is 28.3. The van der Waals surface area contributed by atoms with E-state index in [1.165, 1.54) is 32.4 Å². The second-order valence-electron chi connectivity index (χ2n) is 12.5. The summed E-state index contributed by atoms with van der Waals surface area (Å²) in [6.45, 7) is 3.15. The summed E-state index contributed by atoms with van der Waals surface area (Å²) in [6, 6.07) is 24.0. The zero-order valence-electron chi connectivity index (χ0n) is 33.4. The Balaban J connectivity index is 0.00000397. The Labute approximate surface area is 367 Å². The van der Waals surface area contributed by atoms with Gasteiger partial charge in [-0.1, -0.05) is 12.1 Å². The topological polar surface area (TPSA) is 218 Å². The molecule has 1 aromatic heterocycles. The number of hydrogen-bond donors (Lipinski definition) is 1. The van der Waals surface area contributed by atoms with Crippen LogP contribution in [-0.2, 0) is 52.9 Å². The predicted molar refractivity (Wildman–Crippen MR) is 214 cm³/mol. The molecule has 4 aromatic carbocycles. The molecular formula is C41H40N9NaO9.